The summed E-state index contributed by atoms with van der Waals surface area (Å²) in [6.07, 6.45) is 20.1. The topological polar surface area (TPSA) is 275 Å². The van der Waals surface area contributed by atoms with Crippen LogP contribution in [0.4, 0.5) is 0 Å². The van der Waals surface area contributed by atoms with Crippen molar-refractivity contribution < 1.29 is 120 Å². The molecule has 0 radical (unpaired) electrons. The number of ether oxygens (including phenoxy) is 1. The van der Waals surface area contributed by atoms with E-state index in [-0.39, 0.29) is 166 Å². The van der Waals surface area contributed by atoms with Gasteiger partial charge in [-0.3, -0.25) is 9.59 Å². The minimum atomic E-state index is -0.509. The minimum absolute atomic E-state index is 0. The van der Waals surface area contributed by atoms with Crippen LogP contribution in [0.2, 0.25) is 0 Å². The van der Waals surface area contributed by atoms with E-state index in [0.717, 1.165) is 152 Å². The molecule has 0 heterocycles. The summed E-state index contributed by atoms with van der Waals surface area (Å²) in [7, 11) is 1.00. The van der Waals surface area contributed by atoms with Crippen LogP contribution < -0.4 is 64.4 Å². The molecule has 84 heavy (non-hydrogen) atoms. The molecule has 0 bridgehead atoms. The Morgan fingerprint density at radius 2 is 1.04 bits per heavy atom. The minimum Gasteiger partial charge on any atom is -1.00 e. The largest absolute Gasteiger partial charge is 1.00 e. The molecule has 16 nitrogen and oxygen atoms in total. The number of hydrogen-bond donors (Lipinski definition) is 5. The summed E-state index contributed by atoms with van der Waals surface area (Å²) in [4.78, 5) is 40.0. The predicted octanol–water partition coefficient (Wildman–Crippen LogP) is 4.71. The van der Waals surface area contributed by atoms with Gasteiger partial charge in [-0.25, -0.2) is 4.79 Å². The predicted molar refractivity (Wildman–Crippen MR) is 309 cm³/mol. The number of hydrogen-bond acceptors (Lipinski definition) is 16. The van der Waals surface area contributed by atoms with Crippen molar-refractivity contribution in [1.82, 2.24) is 0 Å². The molecule has 10 aliphatic rings. The second-order valence-electron chi connectivity index (χ2n) is 29.5. The van der Waals surface area contributed by atoms with E-state index >= 15 is 0 Å². The maximum Gasteiger partial charge on any atom is 1.00 e. The van der Waals surface area contributed by atoms with Gasteiger partial charge in [-0.1, -0.05) is 78.9 Å². The molecule has 0 spiro atoms. The maximum absolute atomic E-state index is 12.0. The number of carbonyl (C=O) groups excluding carboxylic acids is 3. The maximum atomic E-state index is 12.0. The zero-order chi connectivity index (χ0) is 60.9. The molecule has 10 rings (SSSR count). The van der Waals surface area contributed by atoms with Crippen LogP contribution in [-0.4, -0.2) is 89.0 Å². The molecule has 460 valence electrons. The van der Waals surface area contributed by atoms with E-state index in [1.807, 2.05) is 0 Å². The Labute approximate surface area is 547 Å². The fourth-order valence-corrected chi connectivity index (χ4v) is 23.1. The SMILES string of the molecule is C=C(CO)[C@@H]1CC[C@]2(C#N)CC[C@]3(C)[C@H](CC[C@@H]4[C@@]5(C)CC/C(=N/O)[C@@](C)(CO)[C@@H]5CC[C@]43C)[C@@H]12.C=C(CO)[C@@H]1CC[C@]2(C#N)CC[C@]3(C)[C@H](CC[C@@H]4[C@@]5(C)CCC(=NOC(C)=O)[C@@](C)(COC(C)=O)[C@@H]5CC[C@]43C)[C@@H]12.CO.O=CO[O-].[H-].[Na+].[Na+]. The van der Waals surface area contributed by atoms with Crippen molar-refractivity contribution in [2.45, 2.75) is 198 Å². The van der Waals surface area contributed by atoms with Crippen LogP contribution in [0.5, 0.6) is 0 Å². The van der Waals surface area contributed by atoms with Gasteiger partial charge in [0.15, 0.2) is 0 Å². The summed E-state index contributed by atoms with van der Waals surface area (Å²) < 4.78 is 5.68. The molecule has 0 aromatic heterocycles. The molecule has 0 aromatic rings. The fourth-order valence-electron chi connectivity index (χ4n) is 23.1. The first-order chi connectivity index (χ1) is 38.6. The number of aliphatic hydroxyl groups excluding tert-OH is 4. The van der Waals surface area contributed by atoms with Crippen LogP contribution in [0.15, 0.2) is 34.6 Å². The van der Waals surface area contributed by atoms with Gasteiger partial charge >= 0.3 is 71.1 Å². The molecular weight excluding hydrogens is 1090 g/mol. The summed E-state index contributed by atoms with van der Waals surface area (Å²) >= 11 is 0. The smallest absolute Gasteiger partial charge is 1.00 e. The zero-order valence-corrected chi connectivity index (χ0v) is 57.6. The number of oxime groups is 2. The van der Waals surface area contributed by atoms with Gasteiger partial charge in [0.05, 0.1) is 54.2 Å². The first-order valence-corrected chi connectivity index (χ1v) is 30.9. The second kappa shape index (κ2) is 27.1. The van der Waals surface area contributed by atoms with Crippen LogP contribution >= 0.6 is 0 Å². The fraction of sp³-hybridized carbons (Fsp3) is 0.833. The Balaban J connectivity index is 0.000000326. The molecule has 18 heteroatoms. The third-order valence-corrected chi connectivity index (χ3v) is 27.3. The standard InChI is InChI=1S/C34H50N2O5.C30H46N2O3.CH2O3.CH4O.2Na.H/c1-21(18-37)24-10-15-34(19-35)17-16-32(6)25(29(24)34)8-9-27-30(4)13-12-28(36-41-23(3)39)31(5,20-40-22(2)38)26(30)11-14-33(27,32)7;1-19(16-33)20-8-13-30(17-31)15-14-28(4)21(25(20)30)6-7-23-26(2)11-10-24(32-35)27(3,18-34)22(26)9-12-29(23,28)5;2-1-4-3;1-2;;;/h24-27,29,37H,1,8-18,20H2,2-7H3;20-23,25,33-35H,1,6-16,18H2,2-5H3;1,3H;2H,1H3;;;/q;;;;2*+1;-1/p-1/b;32-24-;;;;;/t24-,25+,26+,27+,29+,30-,31-,32+,33+,34+;20-,21+,22+,23+,25+,26-,27-,28+,29+,30+;;;;;/m00...../s1. The van der Waals surface area contributed by atoms with Crippen molar-refractivity contribution in [2.24, 2.45) is 124 Å². The number of nitrogens with zero attached hydrogens (tertiary/aromatic N) is 4. The monoisotopic (exact) mass is 1190 g/mol. The van der Waals surface area contributed by atoms with E-state index < -0.39 is 16.8 Å². The van der Waals surface area contributed by atoms with Gasteiger partial charge in [0.25, 0.3) is 6.47 Å². The summed E-state index contributed by atoms with van der Waals surface area (Å²) in [5.41, 5.74) is 2.53. The summed E-state index contributed by atoms with van der Waals surface area (Å²) in [6, 6.07) is 5.64. The van der Waals surface area contributed by atoms with Gasteiger partial charge in [-0.05, 0) is 231 Å². The Hall–Kier alpha value is -2.19. The van der Waals surface area contributed by atoms with E-state index in [4.69, 9.17) is 24.7 Å². The molecular formula is C66H102N4Na2O12. The molecule has 20 atom stereocenters. The Bertz CT molecular complexity index is 2600. The van der Waals surface area contributed by atoms with E-state index in [1.165, 1.54) is 13.8 Å². The molecule has 0 unspecified atom stereocenters. The van der Waals surface area contributed by atoms with Crippen molar-refractivity contribution in [3.63, 3.8) is 0 Å². The third-order valence-electron chi connectivity index (χ3n) is 27.3. The van der Waals surface area contributed by atoms with Crippen LogP contribution in [-0.2, 0) is 28.8 Å². The summed E-state index contributed by atoms with van der Waals surface area (Å²) in [5, 5.41) is 84.7. The number of carbonyl (C=O) groups is 3. The molecule has 0 amide bonds. The molecule has 5 N–H and O–H groups in total. The third kappa shape index (κ3) is 11.2. The molecule has 10 fully saturated rings. The average Bonchev–Trinajstić information content (AvgIpc) is 1.45. The molecule has 10 saturated carbocycles. The van der Waals surface area contributed by atoms with Gasteiger partial charge in [0.2, 0.25) is 0 Å². The Kier molecular flexibility index (Phi) is 23.4. The van der Waals surface area contributed by atoms with E-state index in [9.17, 15) is 40.6 Å². The zero-order valence-electron chi connectivity index (χ0n) is 54.6. The average molecular weight is 1190 g/mol. The number of esters is 1. The van der Waals surface area contributed by atoms with Gasteiger partial charge in [-0.15, -0.1) is 0 Å². The first kappa shape index (κ1) is 72.6. The Morgan fingerprint density at radius 3 is 1.39 bits per heavy atom. The molecule has 0 saturated heterocycles. The van der Waals surface area contributed by atoms with E-state index in [1.54, 1.807) is 0 Å². The number of nitriles is 2. The van der Waals surface area contributed by atoms with E-state index in [2.05, 4.69) is 95.9 Å². The van der Waals surface area contributed by atoms with Gasteiger partial charge in [-0.2, -0.15) is 10.5 Å². The quantitative estimate of drug-likeness (QED) is 0.0306. The Morgan fingerprint density at radius 1 is 0.619 bits per heavy atom. The van der Waals surface area contributed by atoms with Crippen molar-refractivity contribution in [3.05, 3.63) is 24.3 Å². The first-order valence-electron chi connectivity index (χ1n) is 30.9. The van der Waals surface area contributed by atoms with Crippen molar-refractivity contribution in [2.75, 3.05) is 33.5 Å². The van der Waals surface area contributed by atoms with Crippen molar-refractivity contribution >= 4 is 29.8 Å². The van der Waals surface area contributed by atoms with Crippen LogP contribution in [0.3, 0.4) is 0 Å². The van der Waals surface area contributed by atoms with Gasteiger partial charge in [0, 0.05) is 31.8 Å². The van der Waals surface area contributed by atoms with Gasteiger partial charge < -0.3 is 46.8 Å². The number of rotatable bonds is 9. The molecule has 0 aromatic carbocycles. The number of aliphatic hydroxyl groups is 4. The van der Waals surface area contributed by atoms with Crippen LogP contribution in [0.1, 0.15) is 199 Å². The molecule has 10 aliphatic carbocycles. The van der Waals surface area contributed by atoms with E-state index in [0.29, 0.717) is 41.9 Å². The van der Waals surface area contributed by atoms with Crippen LogP contribution in [0.25, 0.3) is 0 Å². The number of fused-ring (bicyclic) bond motifs is 14. The summed E-state index contributed by atoms with van der Waals surface area (Å²) in [6.45, 7) is 30.9. The van der Waals surface area contributed by atoms with Crippen molar-refractivity contribution in [3.8, 4) is 12.1 Å². The van der Waals surface area contributed by atoms with Crippen molar-refractivity contribution in [1.29, 1.82) is 10.5 Å². The normalized spacial score (nSPS) is 46.2. The molecule has 0 aliphatic heterocycles. The van der Waals surface area contributed by atoms with Gasteiger partial charge in [0.1, 0.15) is 6.61 Å². The second-order valence-corrected chi connectivity index (χ2v) is 29.5. The van der Waals surface area contributed by atoms with Crippen LogP contribution in [0, 0.1) is 136 Å². The summed E-state index contributed by atoms with van der Waals surface area (Å²) in [5.74, 6) is 2.80.